The summed E-state index contributed by atoms with van der Waals surface area (Å²) < 4.78 is 0. The summed E-state index contributed by atoms with van der Waals surface area (Å²) >= 11 is 0. The highest BCUT2D eigenvalue weighted by molar-refractivity contribution is 5.74. The van der Waals surface area contributed by atoms with Crippen molar-refractivity contribution < 1.29 is 4.79 Å². The van der Waals surface area contributed by atoms with Crippen LogP contribution in [0.2, 0.25) is 0 Å². The second kappa shape index (κ2) is 7.54. The molecule has 1 atom stereocenters. The van der Waals surface area contributed by atoms with Crippen LogP contribution in [0.5, 0.6) is 0 Å². The van der Waals surface area contributed by atoms with E-state index in [9.17, 15) is 4.79 Å². The first kappa shape index (κ1) is 14.3. The lowest BCUT2D eigenvalue weighted by Crippen LogP contribution is -2.40. The second-order valence-electron chi connectivity index (χ2n) is 4.51. The van der Waals surface area contributed by atoms with E-state index in [4.69, 9.17) is 0 Å². The fraction of sp³-hybridized carbons (Fsp3) is 0.400. The van der Waals surface area contributed by atoms with Crippen LogP contribution in [0, 0.1) is 0 Å². The average molecular weight is 246 g/mol. The van der Waals surface area contributed by atoms with Crippen molar-refractivity contribution in [2.24, 2.45) is 0 Å². The van der Waals surface area contributed by atoms with Gasteiger partial charge in [-0.3, -0.25) is 0 Å². The molecule has 3 heteroatoms. The summed E-state index contributed by atoms with van der Waals surface area (Å²) in [6.07, 6.45) is 6.09. The van der Waals surface area contributed by atoms with Gasteiger partial charge in [0, 0.05) is 20.1 Å². The summed E-state index contributed by atoms with van der Waals surface area (Å²) in [7, 11) is 3.50. The maximum absolute atomic E-state index is 11.6. The summed E-state index contributed by atoms with van der Waals surface area (Å²) in [5, 5.41) is 2.99. The Labute approximate surface area is 109 Å². The van der Waals surface area contributed by atoms with Crippen LogP contribution in [0.4, 0.5) is 4.79 Å². The zero-order valence-corrected chi connectivity index (χ0v) is 11.4. The molecule has 0 aliphatic heterocycles. The molecule has 1 unspecified atom stereocenters. The van der Waals surface area contributed by atoms with E-state index in [2.05, 4.69) is 24.4 Å². The summed E-state index contributed by atoms with van der Waals surface area (Å²) in [5.41, 5.74) is 1.15. The minimum Gasteiger partial charge on any atom is -0.332 e. The Hall–Kier alpha value is -1.77. The van der Waals surface area contributed by atoms with Gasteiger partial charge in [0.15, 0.2) is 0 Å². The molecule has 0 fully saturated rings. The number of hydrogen-bond acceptors (Lipinski definition) is 1. The molecule has 1 aromatic rings. The number of hydrogen-bond donors (Lipinski definition) is 1. The monoisotopic (exact) mass is 246 g/mol. The van der Waals surface area contributed by atoms with Crippen LogP contribution in [-0.2, 0) is 0 Å². The highest BCUT2D eigenvalue weighted by atomic mass is 16.2. The van der Waals surface area contributed by atoms with Crippen molar-refractivity contribution in [3.05, 3.63) is 42.0 Å². The number of nitrogens with zero attached hydrogens (tertiary/aromatic N) is 1. The number of benzene rings is 1. The molecule has 0 saturated heterocycles. The molecular formula is C15H22N2O. The third kappa shape index (κ3) is 5.04. The van der Waals surface area contributed by atoms with Gasteiger partial charge in [0.1, 0.15) is 0 Å². The van der Waals surface area contributed by atoms with E-state index in [0.29, 0.717) is 0 Å². The summed E-state index contributed by atoms with van der Waals surface area (Å²) in [6, 6.07) is 10.1. The number of rotatable bonds is 5. The van der Waals surface area contributed by atoms with Crippen LogP contribution in [0.15, 0.2) is 36.4 Å². The van der Waals surface area contributed by atoms with E-state index >= 15 is 0 Å². The van der Waals surface area contributed by atoms with Crippen molar-refractivity contribution in [1.82, 2.24) is 10.2 Å². The van der Waals surface area contributed by atoms with Crippen molar-refractivity contribution in [2.45, 2.75) is 25.8 Å². The first-order valence-electron chi connectivity index (χ1n) is 6.34. The number of nitrogens with one attached hydrogen (secondary N) is 1. The molecule has 1 N–H and O–H groups in total. The maximum Gasteiger partial charge on any atom is 0.317 e. The Bertz CT molecular complexity index is 385. The fourth-order valence-electron chi connectivity index (χ4n) is 1.61. The zero-order chi connectivity index (χ0) is 13.4. The minimum absolute atomic E-state index is 0.0499. The van der Waals surface area contributed by atoms with Crippen molar-refractivity contribution in [1.29, 1.82) is 0 Å². The van der Waals surface area contributed by atoms with Crippen LogP contribution in [0.1, 0.15) is 25.3 Å². The molecule has 3 nitrogen and oxygen atoms in total. The molecule has 1 rings (SSSR count). The predicted molar refractivity (Wildman–Crippen MR) is 76.4 cm³/mol. The average Bonchev–Trinajstić information content (AvgIpc) is 2.37. The Kier molecular flexibility index (Phi) is 5.98. The summed E-state index contributed by atoms with van der Waals surface area (Å²) in [6.45, 7) is 2.12. The molecule has 0 heterocycles. The van der Waals surface area contributed by atoms with Gasteiger partial charge in [0.05, 0.1) is 0 Å². The van der Waals surface area contributed by atoms with Crippen LogP contribution < -0.4 is 5.32 Å². The molecule has 0 bridgehead atoms. The molecule has 2 amide bonds. The summed E-state index contributed by atoms with van der Waals surface area (Å²) in [4.78, 5) is 13.2. The van der Waals surface area contributed by atoms with Gasteiger partial charge in [-0.2, -0.15) is 0 Å². The molecule has 0 radical (unpaired) electrons. The van der Waals surface area contributed by atoms with Crippen LogP contribution in [-0.4, -0.2) is 31.1 Å². The minimum atomic E-state index is -0.0499. The Balaban J connectivity index is 2.62. The molecule has 0 aromatic heterocycles. The van der Waals surface area contributed by atoms with Gasteiger partial charge in [0.2, 0.25) is 0 Å². The van der Waals surface area contributed by atoms with Gasteiger partial charge >= 0.3 is 6.03 Å². The topological polar surface area (TPSA) is 32.3 Å². The molecule has 0 saturated carbocycles. The quantitative estimate of drug-likeness (QED) is 0.850. The number of carbonyl (C=O) groups excluding carboxylic acids is 1. The first-order valence-corrected chi connectivity index (χ1v) is 6.34. The highest BCUT2D eigenvalue weighted by Crippen LogP contribution is 2.05. The normalized spacial score (nSPS) is 12.4. The van der Waals surface area contributed by atoms with Crippen molar-refractivity contribution >= 4 is 12.1 Å². The number of amides is 2. The lowest BCUT2D eigenvalue weighted by molar-refractivity contribution is 0.214. The van der Waals surface area contributed by atoms with Crippen LogP contribution >= 0.6 is 0 Å². The van der Waals surface area contributed by atoms with E-state index in [1.54, 1.807) is 19.0 Å². The van der Waals surface area contributed by atoms with Gasteiger partial charge < -0.3 is 10.2 Å². The zero-order valence-electron chi connectivity index (χ0n) is 11.4. The molecule has 18 heavy (non-hydrogen) atoms. The third-order valence-electron chi connectivity index (χ3n) is 2.64. The van der Waals surface area contributed by atoms with E-state index < -0.39 is 0 Å². The Morgan fingerprint density at radius 3 is 2.56 bits per heavy atom. The molecule has 0 aliphatic rings. The van der Waals surface area contributed by atoms with Gasteiger partial charge in [-0.1, -0.05) is 55.8 Å². The second-order valence-corrected chi connectivity index (χ2v) is 4.51. The van der Waals surface area contributed by atoms with E-state index in [-0.39, 0.29) is 12.1 Å². The lowest BCUT2D eigenvalue weighted by atomic mass is 10.1. The molecule has 0 spiro atoms. The Morgan fingerprint density at radius 2 is 2.00 bits per heavy atom. The van der Waals surface area contributed by atoms with Gasteiger partial charge in [-0.15, -0.1) is 0 Å². The van der Waals surface area contributed by atoms with Crippen LogP contribution in [0.25, 0.3) is 6.08 Å². The lowest BCUT2D eigenvalue weighted by Gasteiger charge is -2.18. The van der Waals surface area contributed by atoms with Crippen molar-refractivity contribution in [2.75, 3.05) is 14.1 Å². The first-order chi connectivity index (χ1) is 8.63. The molecule has 0 aliphatic carbocycles. The maximum atomic E-state index is 11.6. The molecule has 98 valence electrons. The Morgan fingerprint density at radius 1 is 1.33 bits per heavy atom. The smallest absolute Gasteiger partial charge is 0.317 e. The van der Waals surface area contributed by atoms with E-state index in [0.717, 1.165) is 18.4 Å². The predicted octanol–water partition coefficient (Wildman–Crippen LogP) is 3.14. The third-order valence-corrected chi connectivity index (χ3v) is 2.64. The van der Waals surface area contributed by atoms with E-state index in [1.165, 1.54) is 0 Å². The number of carbonyl (C=O) groups is 1. The molecule has 1 aromatic carbocycles. The molecular weight excluding hydrogens is 224 g/mol. The largest absolute Gasteiger partial charge is 0.332 e. The van der Waals surface area contributed by atoms with Gasteiger partial charge in [0.25, 0.3) is 0 Å². The van der Waals surface area contributed by atoms with Crippen LogP contribution in [0.3, 0.4) is 0 Å². The fourth-order valence-corrected chi connectivity index (χ4v) is 1.61. The van der Waals surface area contributed by atoms with Crippen molar-refractivity contribution in [3.8, 4) is 0 Å². The standard InChI is InChI=1S/C15H22N2O/c1-4-8-14(16-15(18)17(2)3)12-11-13-9-6-5-7-10-13/h5-7,9-12,14H,4,8H2,1-3H3,(H,16,18)/b12-11+. The van der Waals surface area contributed by atoms with E-state index in [1.807, 2.05) is 30.3 Å². The van der Waals surface area contributed by atoms with Crippen molar-refractivity contribution in [3.63, 3.8) is 0 Å². The van der Waals surface area contributed by atoms with Gasteiger partial charge in [-0.05, 0) is 12.0 Å². The SMILES string of the molecule is CCCC(/C=C/c1ccccc1)NC(=O)N(C)C. The summed E-state index contributed by atoms with van der Waals surface area (Å²) in [5.74, 6) is 0. The number of urea groups is 1. The highest BCUT2D eigenvalue weighted by Gasteiger charge is 2.09. The van der Waals surface area contributed by atoms with Gasteiger partial charge in [-0.25, -0.2) is 4.79 Å².